The molecule has 8 heteroatoms. The summed E-state index contributed by atoms with van der Waals surface area (Å²) in [5.74, 6) is 0.853. The molecular weight excluding hydrogens is 438 g/mol. The molecule has 3 aromatic rings. The number of rotatable bonds is 6. The predicted octanol–water partition coefficient (Wildman–Crippen LogP) is 5.46. The van der Waals surface area contributed by atoms with Crippen molar-refractivity contribution >= 4 is 40.1 Å². The Morgan fingerprint density at radius 3 is 2.74 bits per heavy atom. The van der Waals surface area contributed by atoms with Crippen molar-refractivity contribution in [3.63, 3.8) is 0 Å². The molecule has 2 heterocycles. The number of amides is 1. The van der Waals surface area contributed by atoms with Crippen molar-refractivity contribution in [1.29, 1.82) is 0 Å². The maximum atomic E-state index is 13.5. The average molecular weight is 463 g/mol. The molecule has 2 N–H and O–H groups in total. The summed E-state index contributed by atoms with van der Waals surface area (Å²) in [5, 5.41) is 3.91. The van der Waals surface area contributed by atoms with E-state index in [1.165, 1.54) is 6.07 Å². The lowest BCUT2D eigenvalue weighted by atomic mass is 9.89. The lowest BCUT2D eigenvalue weighted by Crippen LogP contribution is -2.36. The third kappa shape index (κ3) is 5.37. The third-order valence-corrected chi connectivity index (χ3v) is 6.61. The summed E-state index contributed by atoms with van der Waals surface area (Å²) in [7, 11) is 0. The minimum absolute atomic E-state index is 0.0173. The van der Waals surface area contributed by atoms with E-state index in [1.807, 2.05) is 13.0 Å². The molecule has 1 saturated heterocycles. The van der Waals surface area contributed by atoms with Gasteiger partial charge >= 0.3 is 0 Å². The third-order valence-electron chi connectivity index (χ3n) is 5.89. The van der Waals surface area contributed by atoms with Crippen LogP contribution in [0, 0.1) is 5.82 Å². The Morgan fingerprint density at radius 1 is 1.26 bits per heavy atom. The lowest BCUT2D eigenvalue weighted by molar-refractivity contribution is -0.122. The van der Waals surface area contributed by atoms with Gasteiger partial charge in [-0.15, -0.1) is 0 Å². The number of benzene rings is 2. The van der Waals surface area contributed by atoms with Crippen LogP contribution >= 0.6 is 23.2 Å². The second-order valence-electron chi connectivity index (χ2n) is 8.12. The standard InChI is InChI=1S/C23H25Cl2FN4O/c1-14(23-28-20-12-18(24)19(25)13-21(20)29-23)27-22(31)7-10-30-8-5-15(6-9-30)16-3-2-4-17(26)11-16/h2-4,11-15H,5-10H2,1H3,(H,27,31)(H,28,29)/t14-/m0/s1. The number of nitrogens with one attached hydrogen (secondary N) is 2. The number of H-pyrrole nitrogens is 1. The van der Waals surface area contributed by atoms with Gasteiger partial charge in [-0.2, -0.15) is 0 Å². The molecule has 0 spiro atoms. The lowest BCUT2D eigenvalue weighted by Gasteiger charge is -2.32. The first-order valence-corrected chi connectivity index (χ1v) is 11.3. The van der Waals surface area contributed by atoms with Gasteiger partial charge in [0.15, 0.2) is 0 Å². The molecule has 31 heavy (non-hydrogen) atoms. The first kappa shape index (κ1) is 22.1. The van der Waals surface area contributed by atoms with Crippen molar-refractivity contribution in [1.82, 2.24) is 20.2 Å². The molecule has 5 nitrogen and oxygen atoms in total. The Labute approximate surface area is 190 Å². The number of halogens is 3. The first-order chi connectivity index (χ1) is 14.9. The number of carbonyl (C=O) groups excluding carboxylic acids is 1. The van der Waals surface area contributed by atoms with Gasteiger partial charge in [-0.3, -0.25) is 4.79 Å². The van der Waals surface area contributed by atoms with Gasteiger partial charge < -0.3 is 15.2 Å². The highest BCUT2D eigenvalue weighted by Gasteiger charge is 2.22. The van der Waals surface area contributed by atoms with Crippen LogP contribution in [0.5, 0.6) is 0 Å². The fourth-order valence-corrected chi connectivity index (χ4v) is 4.44. The van der Waals surface area contributed by atoms with E-state index < -0.39 is 0 Å². The molecule has 0 radical (unpaired) electrons. The molecule has 1 aromatic heterocycles. The number of piperidine rings is 1. The average Bonchev–Trinajstić information content (AvgIpc) is 3.16. The fraction of sp³-hybridized carbons (Fsp3) is 0.391. The molecular formula is C23H25Cl2FN4O. The zero-order chi connectivity index (χ0) is 22.0. The summed E-state index contributed by atoms with van der Waals surface area (Å²) in [5.41, 5.74) is 2.57. The summed E-state index contributed by atoms with van der Waals surface area (Å²) in [4.78, 5) is 22.5. The van der Waals surface area contributed by atoms with E-state index in [4.69, 9.17) is 23.2 Å². The van der Waals surface area contributed by atoms with Gasteiger partial charge in [-0.1, -0.05) is 35.3 Å². The second-order valence-corrected chi connectivity index (χ2v) is 8.93. The zero-order valence-corrected chi connectivity index (χ0v) is 18.8. The normalized spacial score (nSPS) is 16.5. The predicted molar refractivity (Wildman–Crippen MR) is 122 cm³/mol. The van der Waals surface area contributed by atoms with Gasteiger partial charge in [0.1, 0.15) is 11.6 Å². The van der Waals surface area contributed by atoms with Crippen molar-refractivity contribution in [2.45, 2.75) is 38.1 Å². The van der Waals surface area contributed by atoms with Crippen LogP contribution in [0.4, 0.5) is 4.39 Å². The van der Waals surface area contributed by atoms with Crippen LogP contribution < -0.4 is 5.32 Å². The fourth-order valence-electron chi connectivity index (χ4n) is 4.12. The van der Waals surface area contributed by atoms with Crippen LogP contribution in [-0.4, -0.2) is 40.4 Å². The second kappa shape index (κ2) is 9.55. The maximum Gasteiger partial charge on any atom is 0.221 e. The highest BCUT2D eigenvalue weighted by atomic mass is 35.5. The quantitative estimate of drug-likeness (QED) is 0.511. The van der Waals surface area contributed by atoms with Gasteiger partial charge in [0.25, 0.3) is 0 Å². The molecule has 0 bridgehead atoms. The number of nitrogens with zero attached hydrogens (tertiary/aromatic N) is 2. The van der Waals surface area contributed by atoms with Crippen LogP contribution in [0.3, 0.4) is 0 Å². The Hall–Kier alpha value is -2.15. The van der Waals surface area contributed by atoms with Gasteiger partial charge in [-0.05, 0) is 68.6 Å². The van der Waals surface area contributed by atoms with Crippen LogP contribution in [0.2, 0.25) is 10.0 Å². The number of hydrogen-bond acceptors (Lipinski definition) is 3. The SMILES string of the molecule is C[C@H](NC(=O)CCN1CCC(c2cccc(F)c2)CC1)c1nc2cc(Cl)c(Cl)cc2[nH]1. The maximum absolute atomic E-state index is 13.5. The Balaban J connectivity index is 1.25. The van der Waals surface area contributed by atoms with Gasteiger partial charge in [0.05, 0.1) is 27.1 Å². The number of likely N-dealkylation sites (tertiary alicyclic amines) is 1. The summed E-state index contributed by atoms with van der Waals surface area (Å²) in [6.07, 6.45) is 2.38. The summed E-state index contributed by atoms with van der Waals surface area (Å²) >= 11 is 12.1. The number of carbonyl (C=O) groups is 1. The first-order valence-electron chi connectivity index (χ1n) is 10.5. The van der Waals surface area contributed by atoms with Crippen molar-refractivity contribution in [3.8, 4) is 0 Å². The van der Waals surface area contributed by atoms with Gasteiger partial charge in [0, 0.05) is 13.0 Å². The van der Waals surface area contributed by atoms with Crippen molar-refractivity contribution in [3.05, 3.63) is 63.6 Å². The Bertz CT molecular complexity index is 1040. The molecule has 164 valence electrons. The van der Waals surface area contributed by atoms with Gasteiger partial charge in [-0.25, -0.2) is 9.37 Å². The Kier molecular flexibility index (Phi) is 6.80. The van der Waals surface area contributed by atoms with E-state index in [9.17, 15) is 9.18 Å². The summed E-state index contributed by atoms with van der Waals surface area (Å²) in [6, 6.07) is 10.1. The van der Waals surface area contributed by atoms with Crippen molar-refractivity contribution < 1.29 is 9.18 Å². The van der Waals surface area contributed by atoms with E-state index in [1.54, 1.807) is 24.3 Å². The van der Waals surface area contributed by atoms with E-state index in [0.29, 0.717) is 40.3 Å². The molecule has 0 saturated carbocycles. The van der Waals surface area contributed by atoms with Crippen LogP contribution in [0.15, 0.2) is 36.4 Å². The largest absolute Gasteiger partial charge is 0.346 e. The molecule has 1 amide bonds. The minimum atomic E-state index is -0.254. The summed E-state index contributed by atoms with van der Waals surface area (Å²) in [6.45, 7) is 4.42. The highest BCUT2D eigenvalue weighted by Crippen LogP contribution is 2.29. The molecule has 2 aromatic carbocycles. The van der Waals surface area contributed by atoms with Crippen LogP contribution in [0.1, 0.15) is 49.5 Å². The smallest absolute Gasteiger partial charge is 0.221 e. The topological polar surface area (TPSA) is 61.0 Å². The van der Waals surface area contributed by atoms with E-state index >= 15 is 0 Å². The molecule has 0 aliphatic carbocycles. The molecule has 1 fully saturated rings. The van der Waals surface area contributed by atoms with E-state index in [0.717, 1.165) is 37.0 Å². The number of aromatic amines is 1. The molecule has 1 aliphatic rings. The molecule has 1 aliphatic heterocycles. The monoisotopic (exact) mass is 462 g/mol. The zero-order valence-electron chi connectivity index (χ0n) is 17.3. The van der Waals surface area contributed by atoms with E-state index in [2.05, 4.69) is 20.2 Å². The van der Waals surface area contributed by atoms with Gasteiger partial charge in [0.2, 0.25) is 5.91 Å². The molecule has 1 atom stereocenters. The van der Waals surface area contributed by atoms with Crippen LogP contribution in [-0.2, 0) is 4.79 Å². The number of hydrogen-bond donors (Lipinski definition) is 2. The Morgan fingerprint density at radius 2 is 2.00 bits per heavy atom. The molecule has 4 rings (SSSR count). The van der Waals surface area contributed by atoms with Crippen molar-refractivity contribution in [2.24, 2.45) is 0 Å². The minimum Gasteiger partial charge on any atom is -0.346 e. The van der Waals surface area contributed by atoms with Crippen LogP contribution in [0.25, 0.3) is 11.0 Å². The summed E-state index contributed by atoms with van der Waals surface area (Å²) < 4.78 is 13.5. The number of aromatic nitrogens is 2. The van der Waals surface area contributed by atoms with Crippen molar-refractivity contribution in [2.75, 3.05) is 19.6 Å². The molecule has 0 unspecified atom stereocenters. The van der Waals surface area contributed by atoms with E-state index in [-0.39, 0.29) is 17.8 Å². The number of imidazole rings is 1. The highest BCUT2D eigenvalue weighted by molar-refractivity contribution is 6.42. The number of fused-ring (bicyclic) bond motifs is 1.